The Balaban J connectivity index is 1.46. The summed E-state index contributed by atoms with van der Waals surface area (Å²) in [5.41, 5.74) is 3.49. The van der Waals surface area contributed by atoms with Gasteiger partial charge in [0, 0.05) is 25.5 Å². The van der Waals surface area contributed by atoms with E-state index in [1.165, 1.54) is 18.1 Å². The first kappa shape index (κ1) is 18.9. The van der Waals surface area contributed by atoms with Crippen molar-refractivity contribution in [1.29, 1.82) is 0 Å². The van der Waals surface area contributed by atoms with Gasteiger partial charge in [0.15, 0.2) is 5.65 Å². The van der Waals surface area contributed by atoms with Crippen LogP contribution in [-0.4, -0.2) is 45.5 Å². The maximum Gasteiger partial charge on any atom is 0.234 e. The molecule has 146 valence electrons. The molecule has 1 N–H and O–H groups in total. The van der Waals surface area contributed by atoms with Crippen molar-refractivity contribution in [2.24, 2.45) is 0 Å². The van der Waals surface area contributed by atoms with Crippen molar-refractivity contribution in [2.45, 2.75) is 5.03 Å². The number of para-hydroxylation sites is 1. The number of aromatic nitrogens is 4. The molecule has 1 amide bonds. The van der Waals surface area contributed by atoms with Crippen LogP contribution in [0.1, 0.15) is 0 Å². The molecule has 4 aromatic rings. The zero-order chi connectivity index (χ0) is 20.2. The molecule has 4 rings (SSSR count). The third-order valence-corrected chi connectivity index (χ3v) is 5.34. The van der Waals surface area contributed by atoms with Crippen LogP contribution >= 0.6 is 11.8 Å². The lowest BCUT2D eigenvalue weighted by Gasteiger charge is -2.13. The number of anilines is 2. The van der Waals surface area contributed by atoms with E-state index in [4.69, 9.17) is 0 Å². The average molecular weight is 404 g/mol. The maximum atomic E-state index is 12.4. The predicted octanol–water partition coefficient (Wildman–Crippen LogP) is 3.61. The second-order valence-electron chi connectivity index (χ2n) is 6.59. The minimum Gasteiger partial charge on any atom is -0.378 e. The number of rotatable bonds is 6. The molecule has 2 aromatic heterocycles. The molecule has 0 aliphatic heterocycles. The van der Waals surface area contributed by atoms with Gasteiger partial charge in [-0.1, -0.05) is 30.0 Å². The number of hydrogen-bond acceptors (Lipinski definition) is 6. The molecule has 0 saturated heterocycles. The number of fused-ring (bicyclic) bond motifs is 1. The topological polar surface area (TPSA) is 75.9 Å². The number of carbonyl (C=O) groups excluding carboxylic acids is 1. The lowest BCUT2D eigenvalue weighted by atomic mass is 10.2. The largest absolute Gasteiger partial charge is 0.378 e. The Hall–Kier alpha value is -3.39. The fourth-order valence-corrected chi connectivity index (χ4v) is 3.63. The van der Waals surface area contributed by atoms with Crippen molar-refractivity contribution in [3.63, 3.8) is 0 Å². The molecule has 0 atom stereocenters. The Kier molecular flexibility index (Phi) is 5.44. The van der Waals surface area contributed by atoms with Gasteiger partial charge in [-0.25, -0.2) is 14.6 Å². The first-order valence-corrected chi connectivity index (χ1v) is 10.0. The van der Waals surface area contributed by atoms with E-state index in [0.29, 0.717) is 5.65 Å². The molecule has 0 bridgehead atoms. The van der Waals surface area contributed by atoms with Crippen LogP contribution in [-0.2, 0) is 4.79 Å². The summed E-state index contributed by atoms with van der Waals surface area (Å²) in [7, 11) is 3.96. The number of carbonyl (C=O) groups is 1. The molecule has 0 fully saturated rings. The molecular weight excluding hydrogens is 384 g/mol. The molecule has 0 aliphatic rings. The zero-order valence-electron chi connectivity index (χ0n) is 16.1. The molecule has 0 unspecified atom stereocenters. The summed E-state index contributed by atoms with van der Waals surface area (Å²) in [5.74, 6) is 0.160. The fourth-order valence-electron chi connectivity index (χ4n) is 2.87. The monoisotopic (exact) mass is 404 g/mol. The van der Waals surface area contributed by atoms with Crippen LogP contribution in [0.15, 0.2) is 72.1 Å². The Morgan fingerprint density at radius 1 is 1.07 bits per heavy atom. The average Bonchev–Trinajstić information content (AvgIpc) is 3.18. The van der Waals surface area contributed by atoms with Crippen LogP contribution in [0.25, 0.3) is 16.7 Å². The van der Waals surface area contributed by atoms with Gasteiger partial charge in [0.25, 0.3) is 0 Å². The number of nitrogens with zero attached hydrogens (tertiary/aromatic N) is 5. The molecule has 0 radical (unpaired) electrons. The zero-order valence-corrected chi connectivity index (χ0v) is 16.9. The summed E-state index contributed by atoms with van der Waals surface area (Å²) in [6, 6.07) is 17.5. The van der Waals surface area contributed by atoms with Crippen LogP contribution < -0.4 is 10.2 Å². The van der Waals surface area contributed by atoms with Crippen molar-refractivity contribution in [3.05, 3.63) is 67.1 Å². The van der Waals surface area contributed by atoms with Gasteiger partial charge in [-0.2, -0.15) is 5.10 Å². The quantitative estimate of drug-likeness (QED) is 0.391. The number of amides is 1. The lowest BCUT2D eigenvalue weighted by Crippen LogP contribution is -2.14. The first-order chi connectivity index (χ1) is 14.1. The second-order valence-corrected chi connectivity index (χ2v) is 7.55. The highest BCUT2D eigenvalue weighted by molar-refractivity contribution is 8.00. The predicted molar refractivity (Wildman–Crippen MR) is 117 cm³/mol. The van der Waals surface area contributed by atoms with Crippen LogP contribution in [0.2, 0.25) is 0 Å². The van der Waals surface area contributed by atoms with Gasteiger partial charge in [0.05, 0.1) is 23.0 Å². The third kappa shape index (κ3) is 4.22. The molecule has 0 spiro atoms. The summed E-state index contributed by atoms with van der Waals surface area (Å²) in [4.78, 5) is 23.1. The third-order valence-electron chi connectivity index (χ3n) is 4.34. The summed E-state index contributed by atoms with van der Waals surface area (Å²) in [6.45, 7) is 0. The smallest absolute Gasteiger partial charge is 0.234 e. The molecule has 7 nitrogen and oxygen atoms in total. The summed E-state index contributed by atoms with van der Waals surface area (Å²) < 4.78 is 1.77. The van der Waals surface area contributed by atoms with Crippen molar-refractivity contribution in [1.82, 2.24) is 19.7 Å². The van der Waals surface area contributed by atoms with E-state index >= 15 is 0 Å². The molecule has 29 heavy (non-hydrogen) atoms. The molecule has 2 heterocycles. The van der Waals surface area contributed by atoms with E-state index < -0.39 is 0 Å². The first-order valence-electron chi connectivity index (χ1n) is 9.06. The maximum absolute atomic E-state index is 12.4. The highest BCUT2D eigenvalue weighted by Crippen LogP contribution is 2.26. The SMILES string of the molecule is CN(C)c1ccc(NC(=O)CSc2ncnc3c2cnn3-c2ccccc2)cc1. The standard InChI is InChI=1S/C21H20N6OS/c1-26(2)16-10-8-15(9-11-16)25-19(28)13-29-21-18-12-24-27(20(18)22-14-23-21)17-6-4-3-5-7-17/h3-12,14H,13H2,1-2H3,(H,25,28). The van der Waals surface area contributed by atoms with Crippen molar-refractivity contribution >= 4 is 40.1 Å². The molecule has 2 aromatic carbocycles. The van der Waals surface area contributed by atoms with Crippen LogP contribution in [0.4, 0.5) is 11.4 Å². The summed E-state index contributed by atoms with van der Waals surface area (Å²) >= 11 is 1.37. The Labute approximate surface area is 172 Å². The van der Waals surface area contributed by atoms with Crippen molar-refractivity contribution in [2.75, 3.05) is 30.1 Å². The van der Waals surface area contributed by atoms with Crippen molar-refractivity contribution in [3.8, 4) is 5.69 Å². The van der Waals surface area contributed by atoms with Crippen LogP contribution in [0.5, 0.6) is 0 Å². The Morgan fingerprint density at radius 2 is 1.83 bits per heavy atom. The number of nitrogens with one attached hydrogen (secondary N) is 1. The van der Waals surface area contributed by atoms with E-state index in [2.05, 4.69) is 20.4 Å². The van der Waals surface area contributed by atoms with Gasteiger partial charge in [-0.15, -0.1) is 0 Å². The van der Waals surface area contributed by atoms with Crippen molar-refractivity contribution < 1.29 is 4.79 Å². The van der Waals surface area contributed by atoms with E-state index in [0.717, 1.165) is 27.5 Å². The minimum absolute atomic E-state index is 0.0881. The summed E-state index contributed by atoms with van der Waals surface area (Å²) in [5, 5.41) is 8.91. The molecule has 0 saturated carbocycles. The van der Waals surface area contributed by atoms with E-state index in [1.807, 2.05) is 73.6 Å². The number of thioether (sulfide) groups is 1. The molecule has 8 heteroatoms. The second kappa shape index (κ2) is 8.32. The molecular formula is C21H20N6OS. The number of benzene rings is 2. The normalized spacial score (nSPS) is 10.8. The fraction of sp³-hybridized carbons (Fsp3) is 0.143. The van der Waals surface area contributed by atoms with Gasteiger partial charge >= 0.3 is 0 Å². The van der Waals surface area contributed by atoms with E-state index in [-0.39, 0.29) is 11.7 Å². The molecule has 0 aliphatic carbocycles. The van der Waals surface area contributed by atoms with Crippen LogP contribution in [0, 0.1) is 0 Å². The summed E-state index contributed by atoms with van der Waals surface area (Å²) in [6.07, 6.45) is 3.24. The van der Waals surface area contributed by atoms with Gasteiger partial charge in [0.2, 0.25) is 5.91 Å². The minimum atomic E-state index is -0.0881. The van der Waals surface area contributed by atoms with Gasteiger partial charge in [0.1, 0.15) is 11.4 Å². The van der Waals surface area contributed by atoms with E-state index in [1.54, 1.807) is 10.9 Å². The van der Waals surface area contributed by atoms with E-state index in [9.17, 15) is 4.79 Å². The highest BCUT2D eigenvalue weighted by Gasteiger charge is 2.13. The van der Waals surface area contributed by atoms with Gasteiger partial charge in [-0.05, 0) is 36.4 Å². The van der Waals surface area contributed by atoms with Gasteiger partial charge < -0.3 is 10.2 Å². The lowest BCUT2D eigenvalue weighted by molar-refractivity contribution is -0.113. The highest BCUT2D eigenvalue weighted by atomic mass is 32.2. The Bertz CT molecular complexity index is 1130. The Morgan fingerprint density at radius 3 is 2.55 bits per heavy atom. The van der Waals surface area contributed by atoms with Crippen LogP contribution in [0.3, 0.4) is 0 Å². The van der Waals surface area contributed by atoms with Gasteiger partial charge in [-0.3, -0.25) is 4.79 Å². The number of hydrogen-bond donors (Lipinski definition) is 1.